The molecule has 0 saturated heterocycles. The number of carbonyl (C=O) groups is 9. The van der Waals surface area contributed by atoms with Crippen molar-refractivity contribution in [1.82, 2.24) is 0 Å². The summed E-state index contributed by atoms with van der Waals surface area (Å²) < 4.78 is 71.7. The fraction of sp³-hybridized carbons (Fsp3) is 0.421. The Morgan fingerprint density at radius 1 is 0.368 bits per heavy atom. The first-order valence-corrected chi connectivity index (χ1v) is 30.3. The van der Waals surface area contributed by atoms with E-state index in [2.05, 4.69) is 33.7 Å². The molecule has 0 bridgehead atoms. The van der Waals surface area contributed by atoms with Gasteiger partial charge >= 0.3 is 53.0 Å². The van der Waals surface area contributed by atoms with Gasteiger partial charge < -0.3 is 76.4 Å². The number of hydrogen-bond donors (Lipinski definition) is 0. The van der Waals surface area contributed by atoms with Gasteiger partial charge in [0.15, 0.2) is 0 Å². The molecule has 0 N–H and O–H groups in total. The molecule has 4 aromatic rings. The molecule has 0 heterocycles. The van der Waals surface area contributed by atoms with E-state index in [1.54, 1.807) is 55.5 Å². The Bertz CT molecular complexity index is 2960. The molecule has 87 heavy (non-hydrogen) atoms. The number of carbonyl (C=O) groups excluding carboxylic acids is 9. The molecule has 0 amide bonds. The second-order valence-electron chi connectivity index (χ2n) is 18.0. The van der Waals surface area contributed by atoms with Crippen LogP contribution in [-0.2, 0) is 80.8 Å². The number of anilines is 4. The highest BCUT2D eigenvalue weighted by molar-refractivity contribution is 8.24. The van der Waals surface area contributed by atoms with Gasteiger partial charge in [0.1, 0.15) is 108 Å². The van der Waals surface area contributed by atoms with Crippen molar-refractivity contribution in [2.75, 3.05) is 155 Å². The number of hydrogen-bond acceptors (Lipinski definition) is 26. The zero-order valence-corrected chi connectivity index (χ0v) is 53.4. The van der Waals surface area contributed by atoms with Crippen LogP contribution in [0.5, 0.6) is 23.0 Å². The summed E-state index contributed by atoms with van der Waals surface area (Å²) >= 11 is 13.8. The average molecular weight is 1300 g/mol. The lowest BCUT2D eigenvalue weighted by Crippen LogP contribution is -2.36. The molecular weight excluding hydrogens is 1230 g/mol. The second kappa shape index (κ2) is 38.8. The lowest BCUT2D eigenvalue weighted by atomic mass is 10.1. The fourth-order valence-corrected chi connectivity index (χ4v) is 7.45. The van der Waals surface area contributed by atoms with E-state index in [0.717, 1.165) is 16.7 Å². The maximum atomic E-state index is 12.1. The van der Waals surface area contributed by atoms with Crippen molar-refractivity contribution in [3.63, 3.8) is 0 Å². The summed E-state index contributed by atoms with van der Waals surface area (Å²) in [6, 6.07) is 19.1. The van der Waals surface area contributed by atoms with E-state index >= 15 is 0 Å². The van der Waals surface area contributed by atoms with Gasteiger partial charge in [0.2, 0.25) is 0 Å². The highest BCUT2D eigenvalue weighted by atomic mass is 36.0. The number of ether oxygens (including phenoxy) is 12. The molecule has 4 aromatic carbocycles. The maximum Gasteiger partial charge on any atom is 0.339 e. The predicted molar refractivity (Wildman–Crippen MR) is 322 cm³/mol. The van der Waals surface area contributed by atoms with Crippen molar-refractivity contribution >= 4 is 116 Å². The van der Waals surface area contributed by atoms with Gasteiger partial charge in [-0.05, 0) is 132 Å². The lowest BCUT2D eigenvalue weighted by Gasteiger charge is -2.26. The predicted octanol–water partition coefficient (Wildman–Crippen LogP) is 6.76. The fourth-order valence-electron chi connectivity index (χ4n) is 7.45. The van der Waals surface area contributed by atoms with E-state index in [-0.39, 0.29) is 84.5 Å². The minimum absolute atomic E-state index is 0.0124. The van der Waals surface area contributed by atoms with Gasteiger partial charge in [0.25, 0.3) is 0 Å². The Balaban J connectivity index is 0.000000550. The van der Waals surface area contributed by atoms with Gasteiger partial charge in [-0.25, -0.2) is 0 Å². The minimum atomic E-state index is -3.22. The highest BCUT2D eigenvalue weighted by Crippen LogP contribution is 2.61. The topological polar surface area (TPSA) is 294 Å². The molecule has 0 atom stereocenters. The van der Waals surface area contributed by atoms with Crippen LogP contribution in [0.1, 0.15) is 32.6 Å². The number of halogens is 3. The first-order valence-electron chi connectivity index (χ1n) is 25.8. The lowest BCUT2D eigenvalue weighted by molar-refractivity contribution is -0.141. The molecule has 26 nitrogen and oxygen atoms in total. The number of methoxy groups -OCH3 is 8. The maximum absolute atomic E-state index is 12.1. The summed E-state index contributed by atoms with van der Waals surface area (Å²) in [7, 11) is 10.0. The van der Waals surface area contributed by atoms with E-state index in [4.69, 9.17) is 56.8 Å². The van der Waals surface area contributed by atoms with Gasteiger partial charge in [-0.2, -0.15) is 0 Å². The molecule has 0 aromatic heterocycles. The average Bonchev–Trinajstić information content (AvgIpc) is 1.88. The largest absolute Gasteiger partial charge is 0.488 e. The van der Waals surface area contributed by atoms with Crippen LogP contribution in [0, 0.1) is 27.7 Å². The third-order valence-corrected chi connectivity index (χ3v) is 11.8. The van der Waals surface area contributed by atoms with Crippen LogP contribution in [-0.4, -0.2) is 190 Å². The summed E-state index contributed by atoms with van der Waals surface area (Å²) in [6.45, 7) is 5.76. The molecule has 30 heteroatoms. The van der Waals surface area contributed by atoms with E-state index in [9.17, 15) is 47.7 Å². The quantitative estimate of drug-likeness (QED) is 0.0165. The Morgan fingerprint density at radius 3 is 0.897 bits per heavy atom. The summed E-state index contributed by atoms with van der Waals surface area (Å²) in [6.07, 6.45) is 0.670. The van der Waals surface area contributed by atoms with Gasteiger partial charge in [0, 0.05) is 5.56 Å². The molecule has 0 saturated carbocycles. The Morgan fingerprint density at radius 2 is 0.609 bits per heavy atom. The Hall–Kier alpha value is -8.19. The molecular formula is C57H72Cl3N4O22P. The van der Waals surface area contributed by atoms with Crippen molar-refractivity contribution in [3.8, 4) is 23.0 Å². The monoisotopic (exact) mass is 1300 g/mol. The number of rotatable bonds is 31. The van der Waals surface area contributed by atoms with E-state index in [0.29, 0.717) is 57.4 Å². The normalized spacial score (nSPS) is 10.3. The van der Waals surface area contributed by atoms with Crippen LogP contribution in [0.2, 0.25) is 0 Å². The van der Waals surface area contributed by atoms with Crippen LogP contribution < -0.4 is 38.5 Å². The zero-order valence-electron chi connectivity index (χ0n) is 50.3. The molecule has 0 aliphatic heterocycles. The number of aldehydes is 1. The molecule has 478 valence electrons. The van der Waals surface area contributed by atoms with Crippen molar-refractivity contribution in [2.45, 2.75) is 27.7 Å². The molecule has 0 aliphatic carbocycles. The van der Waals surface area contributed by atoms with E-state index in [1.807, 2.05) is 32.9 Å². The van der Waals surface area contributed by atoms with Crippen LogP contribution in [0.15, 0.2) is 66.7 Å². The number of benzene rings is 4. The standard InChI is InChI=1S/C29H36N2O11.C28H36N2O10.Cl3OP/c1-19-7-8-22(30(14-26(33)37-3)15-27(34)38-4)24(11-19)41-9-10-42-25-13-21(18-32)20(2)12-23(25)31(16-28(35)39-5)17-29(36)40-6;1-19-8-10-23(22(13-19)30(17-27(33)37-5)18-28(34)38-6)39-11-12-40-24-14-20(2)7-9-21(24)29(15-25(31)35-3)16-26(32)36-4;1-5(2,3)4/h7-8,11-13,18H,9-10,14-17H2,1-6H3;7-10,13-14H,11-12,15-18H2,1-6H3;. The number of aryl methyl sites for hydroxylation is 4. The number of esters is 8. The third kappa shape index (κ3) is 27.8. The summed E-state index contributed by atoms with van der Waals surface area (Å²) in [5.74, 6) is -2.99. The van der Waals surface area contributed by atoms with Crippen LogP contribution in [0.4, 0.5) is 22.7 Å². The Kier molecular flexibility index (Phi) is 33.4. The van der Waals surface area contributed by atoms with Crippen LogP contribution >= 0.6 is 38.9 Å². The van der Waals surface area contributed by atoms with Gasteiger partial charge in [-0.1, -0.05) is 18.2 Å². The molecule has 0 unspecified atom stereocenters. The molecule has 0 aliphatic rings. The second-order valence-corrected chi connectivity index (χ2v) is 24.7. The summed E-state index contributed by atoms with van der Waals surface area (Å²) in [4.78, 5) is 114. The summed E-state index contributed by atoms with van der Waals surface area (Å²) in [5.41, 5.74) is 5.44. The number of nitrogens with zero attached hydrogens (tertiary/aromatic N) is 4. The van der Waals surface area contributed by atoms with Gasteiger partial charge in [0.05, 0.1) is 79.6 Å². The van der Waals surface area contributed by atoms with Crippen molar-refractivity contribution in [3.05, 3.63) is 94.5 Å². The van der Waals surface area contributed by atoms with Gasteiger partial charge in [-0.3, -0.25) is 47.7 Å². The SMILES string of the molecule is COC(=O)CN(CC(=O)OC)c1ccc(C)cc1OCCOc1cc(C=O)c(C)cc1N(CC(=O)OC)CC(=O)OC.COC(=O)CN(CC(=O)OC)c1ccc(C)cc1OCCOc1ccc(C)cc1N(CC(=O)OC)CC(=O)OC.O=P(Cl)(Cl)Cl. The Labute approximate surface area is 518 Å². The van der Waals surface area contributed by atoms with Crippen molar-refractivity contribution < 1.29 is 105 Å². The first kappa shape index (κ1) is 74.9. The molecule has 4 rings (SSSR count). The van der Waals surface area contributed by atoms with Crippen molar-refractivity contribution in [1.29, 1.82) is 0 Å². The zero-order chi connectivity index (χ0) is 65.4. The van der Waals surface area contributed by atoms with Crippen molar-refractivity contribution in [2.24, 2.45) is 0 Å². The van der Waals surface area contributed by atoms with Gasteiger partial charge in [-0.15, -0.1) is 0 Å². The molecule has 0 fully saturated rings. The van der Waals surface area contributed by atoms with E-state index in [1.165, 1.54) is 82.5 Å². The van der Waals surface area contributed by atoms with Crippen LogP contribution in [0.25, 0.3) is 0 Å². The smallest absolute Gasteiger partial charge is 0.339 e. The summed E-state index contributed by atoms with van der Waals surface area (Å²) in [5, 5.41) is -3.22. The van der Waals surface area contributed by atoms with Crippen LogP contribution in [0.3, 0.4) is 0 Å². The first-order chi connectivity index (χ1) is 41.2. The molecule has 0 radical (unpaired) electrons. The minimum Gasteiger partial charge on any atom is -0.488 e. The van der Waals surface area contributed by atoms with E-state index < -0.39 is 53.0 Å². The highest BCUT2D eigenvalue weighted by Gasteiger charge is 2.25. The third-order valence-electron chi connectivity index (χ3n) is 11.8. The molecule has 0 spiro atoms.